The van der Waals surface area contributed by atoms with E-state index in [9.17, 15) is 26.4 Å². The first kappa shape index (κ1) is 34.9. The predicted molar refractivity (Wildman–Crippen MR) is 150 cm³/mol. The van der Waals surface area contributed by atoms with Crippen molar-refractivity contribution in [1.29, 1.82) is 0 Å². The van der Waals surface area contributed by atoms with Gasteiger partial charge in [-0.05, 0) is 44.8 Å². The number of nitrogens with two attached hydrogens (primary N) is 1. The number of aliphatic carboxylic acids is 1. The number of piperazine rings is 1. The second kappa shape index (κ2) is 15.8. The number of piperidine rings is 1. The summed E-state index contributed by atoms with van der Waals surface area (Å²) >= 11 is 6.09. The normalized spacial score (nSPS) is 17.9. The summed E-state index contributed by atoms with van der Waals surface area (Å²) in [6.45, 7) is 6.89. The third-order valence-electron chi connectivity index (χ3n) is 6.98. The van der Waals surface area contributed by atoms with Gasteiger partial charge >= 0.3 is 12.1 Å². The highest BCUT2D eigenvalue weighted by atomic mass is 35.5. The van der Waals surface area contributed by atoms with Crippen molar-refractivity contribution < 1.29 is 41.0 Å². The molecule has 0 spiro atoms. The highest BCUT2D eigenvalue weighted by molar-refractivity contribution is 7.88. The van der Waals surface area contributed by atoms with E-state index >= 15 is 0 Å². The zero-order valence-electron chi connectivity index (χ0n) is 23.3. The number of anilines is 1. The van der Waals surface area contributed by atoms with Gasteiger partial charge in [-0.25, -0.2) is 13.2 Å². The van der Waals surface area contributed by atoms with Gasteiger partial charge in [0.1, 0.15) is 5.75 Å². The van der Waals surface area contributed by atoms with Crippen molar-refractivity contribution in [3.63, 3.8) is 0 Å². The molecule has 16 heteroatoms. The SMILES string of the molecule is COc1cc(N)c(Cl)cc1C(=O)NC1CCN(CCCCCN2CCN(S(C)(=O)=O)CC2)CC1.O=C(O)C(F)(F)F. The number of amides is 1. The maximum Gasteiger partial charge on any atom is 0.490 e. The van der Waals surface area contributed by atoms with Crippen LogP contribution in [0.2, 0.25) is 5.02 Å². The summed E-state index contributed by atoms with van der Waals surface area (Å²) < 4.78 is 61.8. The summed E-state index contributed by atoms with van der Waals surface area (Å²) in [5.74, 6) is -2.52. The standard InChI is InChI=1S/C23H38ClN5O4S.C2HF3O2/c1-33-22-17-21(25)20(24)16-19(22)23(30)26-18-6-10-27(11-7-18)8-4-3-5-9-28-12-14-29(15-13-28)34(2,31)32;3-2(4,5)1(6)7/h16-18H,3-15,25H2,1-2H3,(H,26,30);(H,6,7). The Balaban J connectivity index is 0.000000745. The highest BCUT2D eigenvalue weighted by Crippen LogP contribution is 2.29. The molecule has 2 aliphatic rings. The molecule has 0 aromatic heterocycles. The van der Waals surface area contributed by atoms with Crippen molar-refractivity contribution >= 4 is 39.2 Å². The number of sulfonamides is 1. The molecule has 1 amide bonds. The largest absolute Gasteiger partial charge is 0.496 e. The van der Waals surface area contributed by atoms with Crippen LogP contribution in [0.5, 0.6) is 5.75 Å². The minimum absolute atomic E-state index is 0.135. The van der Waals surface area contributed by atoms with Gasteiger partial charge in [-0.1, -0.05) is 18.0 Å². The van der Waals surface area contributed by atoms with Crippen molar-refractivity contribution in [2.24, 2.45) is 0 Å². The number of nitrogens with one attached hydrogen (secondary N) is 1. The highest BCUT2D eigenvalue weighted by Gasteiger charge is 2.38. The maximum absolute atomic E-state index is 12.7. The van der Waals surface area contributed by atoms with Gasteiger partial charge in [-0.3, -0.25) is 4.79 Å². The number of carbonyl (C=O) groups is 2. The lowest BCUT2D eigenvalue weighted by atomic mass is 10.0. The molecule has 11 nitrogen and oxygen atoms in total. The Labute approximate surface area is 243 Å². The molecular weight excluding hydrogens is 591 g/mol. The Bertz CT molecular complexity index is 1130. The van der Waals surface area contributed by atoms with Gasteiger partial charge in [-0.2, -0.15) is 17.5 Å². The molecule has 0 aliphatic carbocycles. The first-order valence-corrected chi connectivity index (χ1v) is 15.5. The van der Waals surface area contributed by atoms with E-state index < -0.39 is 22.2 Å². The number of alkyl halides is 3. The molecule has 1 aromatic rings. The van der Waals surface area contributed by atoms with Crippen molar-refractivity contribution in [1.82, 2.24) is 19.4 Å². The molecule has 0 radical (unpaired) electrons. The quantitative estimate of drug-likeness (QED) is 0.262. The van der Waals surface area contributed by atoms with Gasteiger partial charge in [0, 0.05) is 51.4 Å². The number of likely N-dealkylation sites (tertiary alicyclic amines) is 1. The zero-order chi connectivity index (χ0) is 30.8. The molecule has 2 aliphatic heterocycles. The van der Waals surface area contributed by atoms with Crippen LogP contribution in [0.4, 0.5) is 18.9 Å². The number of nitrogens with zero attached hydrogens (tertiary/aromatic N) is 3. The fourth-order valence-electron chi connectivity index (χ4n) is 4.61. The predicted octanol–water partition coefficient (Wildman–Crippen LogP) is 2.51. The second-order valence-electron chi connectivity index (χ2n) is 10.0. The monoisotopic (exact) mass is 629 g/mol. The first-order valence-electron chi connectivity index (χ1n) is 13.3. The molecule has 0 unspecified atom stereocenters. The minimum atomic E-state index is -5.08. The Morgan fingerprint density at radius 3 is 2.02 bits per heavy atom. The Morgan fingerprint density at radius 2 is 1.56 bits per heavy atom. The number of carboxylic acids is 1. The molecule has 0 atom stereocenters. The summed E-state index contributed by atoms with van der Waals surface area (Å²) in [4.78, 5) is 26.5. The zero-order valence-corrected chi connectivity index (χ0v) is 24.8. The molecule has 3 rings (SSSR count). The summed E-state index contributed by atoms with van der Waals surface area (Å²) in [6, 6.07) is 3.27. The molecule has 2 fully saturated rings. The van der Waals surface area contributed by atoms with Gasteiger partial charge in [0.2, 0.25) is 10.0 Å². The third-order valence-corrected chi connectivity index (χ3v) is 8.61. The van der Waals surface area contributed by atoms with Gasteiger partial charge in [0.15, 0.2) is 0 Å². The van der Waals surface area contributed by atoms with E-state index in [1.165, 1.54) is 19.8 Å². The van der Waals surface area contributed by atoms with Crippen LogP contribution < -0.4 is 15.8 Å². The van der Waals surface area contributed by atoms with Crippen LogP contribution in [0.1, 0.15) is 42.5 Å². The number of halogens is 4. The van der Waals surface area contributed by atoms with Crippen LogP contribution >= 0.6 is 11.6 Å². The number of carboxylic acid groups (broad SMARTS) is 1. The van der Waals surface area contributed by atoms with Crippen molar-refractivity contribution in [2.75, 3.05) is 71.5 Å². The number of methoxy groups -OCH3 is 1. The van der Waals surface area contributed by atoms with Crippen molar-refractivity contribution in [2.45, 2.75) is 44.3 Å². The van der Waals surface area contributed by atoms with E-state index in [-0.39, 0.29) is 11.9 Å². The molecule has 1 aromatic carbocycles. The maximum atomic E-state index is 12.7. The van der Waals surface area contributed by atoms with E-state index in [4.69, 9.17) is 32.0 Å². The fourth-order valence-corrected chi connectivity index (χ4v) is 5.60. The van der Waals surface area contributed by atoms with Crippen LogP contribution in [-0.4, -0.2) is 117 Å². The number of rotatable bonds is 10. The van der Waals surface area contributed by atoms with E-state index in [1.807, 2.05) is 0 Å². The number of nitrogen functional groups attached to an aromatic ring is 1. The topological polar surface area (TPSA) is 146 Å². The molecular formula is C25H39ClF3N5O6S. The summed E-state index contributed by atoms with van der Waals surface area (Å²) in [5.41, 5.74) is 6.60. The van der Waals surface area contributed by atoms with E-state index in [0.717, 1.165) is 65.0 Å². The molecule has 41 heavy (non-hydrogen) atoms. The van der Waals surface area contributed by atoms with Crippen LogP contribution in [0, 0.1) is 0 Å². The Kier molecular flexibility index (Phi) is 13.4. The Hall–Kier alpha value is -2.33. The summed E-state index contributed by atoms with van der Waals surface area (Å²) in [5, 5.41) is 10.6. The van der Waals surface area contributed by atoms with E-state index in [0.29, 0.717) is 35.1 Å². The lowest BCUT2D eigenvalue weighted by molar-refractivity contribution is -0.192. The van der Waals surface area contributed by atoms with Gasteiger partial charge in [0.25, 0.3) is 5.91 Å². The number of carbonyl (C=O) groups excluding carboxylic acids is 1. The van der Waals surface area contributed by atoms with Crippen LogP contribution in [0.15, 0.2) is 12.1 Å². The summed E-state index contributed by atoms with van der Waals surface area (Å²) in [7, 11) is -1.55. The molecule has 0 saturated carbocycles. The van der Waals surface area contributed by atoms with Gasteiger partial charge in [0.05, 0.1) is 29.6 Å². The average Bonchev–Trinajstić information content (AvgIpc) is 2.90. The number of hydrogen-bond acceptors (Lipinski definition) is 8. The van der Waals surface area contributed by atoms with Crippen LogP contribution in [0.3, 0.4) is 0 Å². The average molecular weight is 630 g/mol. The molecule has 2 heterocycles. The summed E-state index contributed by atoms with van der Waals surface area (Å²) in [6.07, 6.45) is 1.49. The second-order valence-corrected chi connectivity index (χ2v) is 12.4. The lowest BCUT2D eigenvalue weighted by Gasteiger charge is -2.33. The van der Waals surface area contributed by atoms with Crippen molar-refractivity contribution in [3.05, 3.63) is 22.7 Å². The van der Waals surface area contributed by atoms with Crippen LogP contribution in [0.25, 0.3) is 0 Å². The lowest BCUT2D eigenvalue weighted by Crippen LogP contribution is -2.48. The Morgan fingerprint density at radius 1 is 1.05 bits per heavy atom. The van der Waals surface area contributed by atoms with Crippen molar-refractivity contribution in [3.8, 4) is 5.75 Å². The third kappa shape index (κ3) is 11.8. The number of hydrogen-bond donors (Lipinski definition) is 3. The first-order chi connectivity index (χ1) is 19.1. The number of unbranched alkanes of at least 4 members (excludes halogenated alkanes) is 2. The minimum Gasteiger partial charge on any atom is -0.496 e. The van der Waals surface area contributed by atoms with Gasteiger partial charge < -0.3 is 30.7 Å². The van der Waals surface area contributed by atoms with E-state index in [2.05, 4.69) is 15.1 Å². The smallest absolute Gasteiger partial charge is 0.490 e. The van der Waals surface area contributed by atoms with E-state index in [1.54, 1.807) is 16.4 Å². The molecule has 2 saturated heterocycles. The molecule has 0 bridgehead atoms. The number of ether oxygens (including phenoxy) is 1. The van der Waals surface area contributed by atoms with Gasteiger partial charge in [-0.15, -0.1) is 0 Å². The molecule has 4 N–H and O–H groups in total. The number of benzene rings is 1. The fraction of sp³-hybridized carbons (Fsp3) is 0.680. The molecule has 234 valence electrons. The van der Waals surface area contributed by atoms with Crippen LogP contribution in [-0.2, 0) is 14.8 Å².